The van der Waals surface area contributed by atoms with Crippen LogP contribution >= 0.6 is 0 Å². The lowest BCUT2D eigenvalue weighted by Gasteiger charge is -2.31. The molecule has 5 heteroatoms. The minimum absolute atomic E-state index is 0.102. The molecule has 0 amide bonds. The van der Waals surface area contributed by atoms with Gasteiger partial charge in [0.05, 0.1) is 12.5 Å². The zero-order valence-electron chi connectivity index (χ0n) is 21.1. The number of anilines is 1. The molecule has 3 aliphatic heterocycles. The van der Waals surface area contributed by atoms with Crippen molar-refractivity contribution in [1.82, 2.24) is 0 Å². The van der Waals surface area contributed by atoms with E-state index >= 15 is 0 Å². The van der Waals surface area contributed by atoms with Crippen molar-refractivity contribution in [2.45, 2.75) is 104 Å². The molecule has 5 nitrogen and oxygen atoms in total. The third-order valence-electron chi connectivity index (χ3n) is 7.60. The highest BCUT2D eigenvalue weighted by Crippen LogP contribution is 2.50. The summed E-state index contributed by atoms with van der Waals surface area (Å²) in [7, 11) is 0. The summed E-state index contributed by atoms with van der Waals surface area (Å²) in [6, 6.07) is 8.73. The van der Waals surface area contributed by atoms with Crippen molar-refractivity contribution in [3.05, 3.63) is 57.6 Å². The van der Waals surface area contributed by atoms with Crippen molar-refractivity contribution in [1.29, 1.82) is 0 Å². The van der Waals surface area contributed by atoms with Crippen LogP contribution in [0.3, 0.4) is 0 Å². The lowest BCUT2D eigenvalue weighted by molar-refractivity contribution is -0.160. The van der Waals surface area contributed by atoms with Gasteiger partial charge in [0, 0.05) is 42.7 Å². The van der Waals surface area contributed by atoms with Gasteiger partial charge in [-0.1, -0.05) is 38.1 Å². The Hall–Kier alpha value is -2.53. The molecule has 5 rings (SSSR count). The molecule has 3 heterocycles. The highest BCUT2D eigenvalue weighted by atomic mass is 16.5. The number of rotatable bonds is 5. The molecule has 34 heavy (non-hydrogen) atoms. The standard InChI is InChI=1S/C29H37NO4/c1-17(2)26-23(11-10-22-12-21(31)13-25(32)33-22)28-24(14-29(4,5)34-28)18(3)27(26)30-15-19-8-6-7-9-20(19)16-30/h6-9,17,21-22,31H,10-16H2,1-5H3/t21-,22-/m0/s1. The first kappa shape index (κ1) is 23.2. The average Bonchev–Trinajstić information content (AvgIpc) is 3.32. The molecule has 0 saturated carbocycles. The van der Waals surface area contributed by atoms with Gasteiger partial charge in [0.2, 0.25) is 0 Å². The maximum atomic E-state index is 11.9. The number of ether oxygens (including phenoxy) is 2. The van der Waals surface area contributed by atoms with E-state index in [9.17, 15) is 9.90 Å². The van der Waals surface area contributed by atoms with Gasteiger partial charge < -0.3 is 19.5 Å². The molecule has 1 fully saturated rings. The number of aliphatic hydroxyl groups excluding tert-OH is 1. The number of carbonyl (C=O) groups is 1. The van der Waals surface area contributed by atoms with Crippen LogP contribution in [0.5, 0.6) is 5.75 Å². The lowest BCUT2D eigenvalue weighted by atomic mass is 9.84. The van der Waals surface area contributed by atoms with E-state index in [1.807, 2.05) is 0 Å². The number of fused-ring (bicyclic) bond motifs is 2. The van der Waals surface area contributed by atoms with Crippen molar-refractivity contribution in [3.8, 4) is 5.75 Å². The second-order valence-electron chi connectivity index (χ2n) is 11.2. The Morgan fingerprint density at radius 1 is 1.18 bits per heavy atom. The first-order valence-corrected chi connectivity index (χ1v) is 12.7. The van der Waals surface area contributed by atoms with E-state index in [4.69, 9.17) is 9.47 Å². The van der Waals surface area contributed by atoms with Crippen LogP contribution in [0.25, 0.3) is 0 Å². The summed E-state index contributed by atoms with van der Waals surface area (Å²) in [5.41, 5.74) is 9.17. The monoisotopic (exact) mass is 463 g/mol. The molecule has 1 saturated heterocycles. The minimum Gasteiger partial charge on any atom is -0.487 e. The molecule has 0 bridgehead atoms. The van der Waals surface area contributed by atoms with Crippen molar-refractivity contribution < 1.29 is 19.4 Å². The van der Waals surface area contributed by atoms with Gasteiger partial charge in [0.1, 0.15) is 17.5 Å². The topological polar surface area (TPSA) is 59.0 Å². The van der Waals surface area contributed by atoms with Gasteiger partial charge in [-0.2, -0.15) is 0 Å². The van der Waals surface area contributed by atoms with Crippen LogP contribution in [-0.2, 0) is 35.5 Å². The number of nitrogens with zero attached hydrogens (tertiary/aromatic N) is 1. The summed E-state index contributed by atoms with van der Waals surface area (Å²) in [6.45, 7) is 13.0. The molecule has 2 aromatic carbocycles. The molecule has 1 N–H and O–H groups in total. The molecule has 0 aliphatic carbocycles. The first-order valence-electron chi connectivity index (χ1n) is 12.7. The maximum Gasteiger partial charge on any atom is 0.308 e. The van der Waals surface area contributed by atoms with E-state index in [0.717, 1.165) is 31.7 Å². The molecular weight excluding hydrogens is 426 g/mol. The number of hydrogen-bond donors (Lipinski definition) is 1. The van der Waals surface area contributed by atoms with Crippen LogP contribution in [0.1, 0.15) is 86.3 Å². The van der Waals surface area contributed by atoms with Crippen LogP contribution < -0.4 is 9.64 Å². The Bertz CT molecular complexity index is 1090. The van der Waals surface area contributed by atoms with Crippen LogP contribution in [0.4, 0.5) is 5.69 Å². The fraction of sp³-hybridized carbons (Fsp3) is 0.552. The first-order chi connectivity index (χ1) is 16.1. The summed E-state index contributed by atoms with van der Waals surface area (Å²) in [4.78, 5) is 14.4. The van der Waals surface area contributed by atoms with Gasteiger partial charge >= 0.3 is 5.97 Å². The van der Waals surface area contributed by atoms with Crippen molar-refractivity contribution in [2.24, 2.45) is 0 Å². The molecule has 182 valence electrons. The van der Waals surface area contributed by atoms with Crippen LogP contribution in [0.2, 0.25) is 0 Å². The zero-order valence-corrected chi connectivity index (χ0v) is 21.1. The highest BCUT2D eigenvalue weighted by molar-refractivity contribution is 5.73. The van der Waals surface area contributed by atoms with Crippen molar-refractivity contribution in [2.75, 3.05) is 4.90 Å². The van der Waals surface area contributed by atoms with Gasteiger partial charge in [-0.05, 0) is 61.8 Å². The molecular formula is C29H37NO4. The van der Waals surface area contributed by atoms with E-state index in [2.05, 4.69) is 63.8 Å². The summed E-state index contributed by atoms with van der Waals surface area (Å²) >= 11 is 0. The molecule has 0 unspecified atom stereocenters. The Kier molecular flexibility index (Phi) is 5.87. The molecule has 0 aromatic heterocycles. The third-order valence-corrected chi connectivity index (χ3v) is 7.60. The number of carbonyl (C=O) groups excluding carboxylic acids is 1. The maximum absolute atomic E-state index is 11.9. The molecule has 0 radical (unpaired) electrons. The molecule has 2 aromatic rings. The van der Waals surface area contributed by atoms with Gasteiger partial charge in [0.25, 0.3) is 0 Å². The van der Waals surface area contributed by atoms with Gasteiger partial charge in [-0.3, -0.25) is 4.79 Å². The van der Waals surface area contributed by atoms with Crippen LogP contribution in [-0.4, -0.2) is 28.9 Å². The Labute approximate surface area is 203 Å². The largest absolute Gasteiger partial charge is 0.487 e. The number of esters is 1. The number of benzene rings is 2. The Morgan fingerprint density at radius 3 is 2.47 bits per heavy atom. The van der Waals surface area contributed by atoms with Gasteiger partial charge in [-0.15, -0.1) is 0 Å². The second-order valence-corrected chi connectivity index (χ2v) is 11.2. The summed E-state index contributed by atoms with van der Waals surface area (Å²) in [5, 5.41) is 10.1. The fourth-order valence-corrected chi connectivity index (χ4v) is 6.15. The average molecular weight is 464 g/mol. The van der Waals surface area contributed by atoms with E-state index in [0.29, 0.717) is 18.8 Å². The third kappa shape index (κ3) is 4.19. The normalized spacial score (nSPS) is 23.0. The summed E-state index contributed by atoms with van der Waals surface area (Å²) in [5.74, 6) is 1.06. The van der Waals surface area contributed by atoms with Gasteiger partial charge in [-0.25, -0.2) is 0 Å². The number of cyclic esters (lactones) is 1. The number of aliphatic hydroxyl groups is 1. The molecule has 3 aliphatic rings. The lowest BCUT2D eigenvalue weighted by Crippen LogP contribution is -2.33. The van der Waals surface area contributed by atoms with E-state index in [1.165, 1.54) is 39.1 Å². The number of hydrogen-bond acceptors (Lipinski definition) is 5. The van der Waals surface area contributed by atoms with Crippen molar-refractivity contribution >= 4 is 11.7 Å². The smallest absolute Gasteiger partial charge is 0.308 e. The zero-order chi connectivity index (χ0) is 24.2. The predicted molar refractivity (Wildman–Crippen MR) is 133 cm³/mol. The Balaban J connectivity index is 1.57. The van der Waals surface area contributed by atoms with Crippen LogP contribution in [0.15, 0.2) is 24.3 Å². The SMILES string of the molecule is Cc1c2c(c(CC[C@H]3C[C@H](O)CC(=O)O3)c(C(C)C)c1N1Cc3ccccc3C1)OC(C)(C)C2. The fourth-order valence-electron chi connectivity index (χ4n) is 6.15. The Morgan fingerprint density at radius 2 is 1.85 bits per heavy atom. The molecule has 0 spiro atoms. The minimum atomic E-state index is -0.603. The van der Waals surface area contributed by atoms with E-state index in [-0.39, 0.29) is 24.1 Å². The van der Waals surface area contributed by atoms with Crippen molar-refractivity contribution in [3.63, 3.8) is 0 Å². The quantitative estimate of drug-likeness (QED) is 0.606. The summed E-state index contributed by atoms with van der Waals surface area (Å²) in [6.07, 6.45) is 2.12. The van der Waals surface area contributed by atoms with Gasteiger partial charge in [0.15, 0.2) is 0 Å². The summed E-state index contributed by atoms with van der Waals surface area (Å²) < 4.78 is 12.2. The second kappa shape index (κ2) is 8.60. The highest BCUT2D eigenvalue weighted by Gasteiger charge is 2.38. The van der Waals surface area contributed by atoms with E-state index in [1.54, 1.807) is 0 Å². The van der Waals surface area contributed by atoms with E-state index < -0.39 is 6.10 Å². The predicted octanol–water partition coefficient (Wildman–Crippen LogP) is 5.35. The van der Waals surface area contributed by atoms with Crippen LogP contribution in [0, 0.1) is 6.92 Å². The molecule has 2 atom stereocenters.